The Kier molecular flexibility index (Phi) is 4.50. The Bertz CT molecular complexity index is 337. The van der Waals surface area contributed by atoms with Crippen molar-refractivity contribution in [3.05, 3.63) is 30.3 Å². The summed E-state index contributed by atoms with van der Waals surface area (Å²) in [5.74, 6) is 0. The largest absolute Gasteiger partial charge is 0.482 e. The van der Waals surface area contributed by atoms with Gasteiger partial charge in [-0.1, -0.05) is 0 Å². The molecule has 0 aliphatic carbocycles. The lowest BCUT2D eigenvalue weighted by molar-refractivity contribution is -0.812. The van der Waals surface area contributed by atoms with Crippen molar-refractivity contribution >= 4 is 0 Å². The molecule has 1 saturated heterocycles. The number of rotatable bonds is 2. The van der Waals surface area contributed by atoms with Crippen LogP contribution in [-0.4, -0.2) is 49.3 Å². The highest BCUT2D eigenvalue weighted by atomic mass is 16.9. The zero-order valence-electron chi connectivity index (χ0n) is 10.1. The fraction of sp³-hybridized carbons (Fsp3) is 1.00. The molecule has 1 rings (SSSR count). The highest BCUT2D eigenvalue weighted by Crippen LogP contribution is 2.31. The molecule has 0 aromatic rings. The first-order valence-corrected chi connectivity index (χ1v) is 4.81. The van der Waals surface area contributed by atoms with Crippen LogP contribution >= 0.6 is 0 Å². The van der Waals surface area contributed by atoms with Gasteiger partial charge in [0.1, 0.15) is 22.9 Å². The van der Waals surface area contributed by atoms with E-state index >= 15 is 0 Å². The number of hydrogen-bond donors (Lipinski definition) is 1. The molecule has 104 valence electrons. The molecule has 0 aromatic heterocycles. The van der Waals surface area contributed by atoms with E-state index in [-0.39, 0.29) is 18.6 Å². The van der Waals surface area contributed by atoms with Gasteiger partial charge in [0.05, 0.1) is 0 Å². The molecule has 11 heteroatoms. The van der Waals surface area contributed by atoms with Crippen molar-refractivity contribution in [2.45, 2.75) is 32.0 Å². The molecule has 0 spiro atoms. The van der Waals surface area contributed by atoms with Crippen LogP contribution < -0.4 is 0 Å². The van der Waals surface area contributed by atoms with Crippen molar-refractivity contribution in [2.24, 2.45) is 0 Å². The summed E-state index contributed by atoms with van der Waals surface area (Å²) >= 11 is 0. The van der Waals surface area contributed by atoms with Gasteiger partial charge in [0.25, 0.3) is 5.09 Å². The van der Waals surface area contributed by atoms with Gasteiger partial charge in [-0.25, -0.2) is 0 Å². The van der Waals surface area contributed by atoms with Crippen molar-refractivity contribution in [1.82, 2.24) is 4.90 Å². The summed E-state index contributed by atoms with van der Waals surface area (Å²) in [7, 11) is 0. The van der Waals surface area contributed by atoms with E-state index < -0.39 is 20.6 Å². The first-order chi connectivity index (χ1) is 7.93. The first-order valence-electron chi connectivity index (χ1n) is 4.81. The van der Waals surface area contributed by atoms with Gasteiger partial charge >= 0.3 is 5.66 Å². The Morgan fingerprint density at radius 2 is 1.33 bits per heavy atom. The zero-order chi connectivity index (χ0) is 14.7. The molecule has 0 unspecified atom stereocenters. The predicted octanol–water partition coefficient (Wildman–Crippen LogP) is 0.00250. The molecule has 18 heavy (non-hydrogen) atoms. The predicted molar refractivity (Wildman–Crippen MR) is 56.8 cm³/mol. The maximum Gasteiger partial charge on any atom is 0.482 e. The summed E-state index contributed by atoms with van der Waals surface area (Å²) in [6.07, 6.45) is 0. The van der Waals surface area contributed by atoms with Gasteiger partial charge < -0.3 is 5.21 Å². The van der Waals surface area contributed by atoms with Crippen molar-refractivity contribution in [3.63, 3.8) is 0 Å². The average molecular weight is 266 g/mol. The van der Waals surface area contributed by atoms with E-state index in [1.54, 1.807) is 4.90 Å². The maximum atomic E-state index is 10.6. The third kappa shape index (κ3) is 3.48. The highest BCUT2D eigenvalue weighted by Gasteiger charge is 2.67. The minimum absolute atomic E-state index is 0.115. The molecule has 1 heterocycles. The Hall–Kier alpha value is -2.04. The Balaban J connectivity index is 0.000000631. The molecule has 1 N–H and O–H groups in total. The quantitative estimate of drug-likeness (QED) is 0.416. The summed E-state index contributed by atoms with van der Waals surface area (Å²) in [5.41, 5.74) is -2.23. The molecule has 1 aliphatic rings. The van der Waals surface area contributed by atoms with Crippen LogP contribution in [0, 0.1) is 30.3 Å². The lowest BCUT2D eigenvalue weighted by Crippen LogP contribution is -2.73. The monoisotopic (exact) mass is 266 g/mol. The van der Waals surface area contributed by atoms with Crippen LogP contribution in [0.4, 0.5) is 0 Å². The minimum Gasteiger partial charge on any atom is -0.328 e. The Labute approximate surface area is 101 Å². The van der Waals surface area contributed by atoms with Gasteiger partial charge in [-0.3, -0.25) is 25.1 Å². The molecule has 1 aliphatic heterocycles. The smallest absolute Gasteiger partial charge is 0.328 e. The summed E-state index contributed by atoms with van der Waals surface area (Å²) < 4.78 is 0. The topological polar surface area (TPSA) is 153 Å². The van der Waals surface area contributed by atoms with E-state index in [0.29, 0.717) is 0 Å². The van der Waals surface area contributed by atoms with Crippen LogP contribution in [0.2, 0.25) is 0 Å². The number of nitro groups is 2. The van der Waals surface area contributed by atoms with Crippen molar-refractivity contribution in [3.8, 4) is 0 Å². The van der Waals surface area contributed by atoms with Crippen LogP contribution in [0.15, 0.2) is 0 Å². The molecule has 0 aromatic carbocycles. The van der Waals surface area contributed by atoms with E-state index in [4.69, 9.17) is 15.3 Å². The number of hydrogen-bond acceptors (Lipinski definition) is 7. The van der Waals surface area contributed by atoms with E-state index in [1.165, 1.54) is 0 Å². The van der Waals surface area contributed by atoms with E-state index in [1.807, 2.05) is 20.8 Å². The molecule has 0 saturated carbocycles. The third-order valence-electron chi connectivity index (χ3n) is 2.52. The van der Waals surface area contributed by atoms with Crippen LogP contribution in [0.25, 0.3) is 0 Å². The van der Waals surface area contributed by atoms with Crippen molar-refractivity contribution < 1.29 is 20.1 Å². The van der Waals surface area contributed by atoms with Gasteiger partial charge in [-0.2, -0.15) is 0 Å². The van der Waals surface area contributed by atoms with Crippen LogP contribution in [0.3, 0.4) is 0 Å². The molecule has 11 nitrogen and oxygen atoms in total. The Morgan fingerprint density at radius 1 is 1.06 bits per heavy atom. The first kappa shape index (κ1) is 16.0. The maximum absolute atomic E-state index is 10.6. The molecule has 0 bridgehead atoms. The summed E-state index contributed by atoms with van der Waals surface area (Å²) in [4.78, 5) is 29.6. The van der Waals surface area contributed by atoms with Gasteiger partial charge in [0, 0.05) is 5.54 Å². The Morgan fingerprint density at radius 3 is 1.50 bits per heavy atom. The normalized spacial score (nSPS) is 17.9. The molecule has 0 radical (unpaired) electrons. The minimum atomic E-state index is -1.98. The second kappa shape index (κ2) is 5.08. The second-order valence-corrected chi connectivity index (χ2v) is 4.76. The van der Waals surface area contributed by atoms with Gasteiger partial charge in [-0.05, 0) is 20.8 Å². The van der Waals surface area contributed by atoms with Crippen molar-refractivity contribution in [2.75, 3.05) is 13.1 Å². The summed E-state index contributed by atoms with van der Waals surface area (Å²) in [5, 5.41) is 34.7. The van der Waals surface area contributed by atoms with Gasteiger partial charge in [0.15, 0.2) is 0 Å². The fourth-order valence-electron chi connectivity index (χ4n) is 1.34. The third-order valence-corrected chi connectivity index (χ3v) is 2.52. The molecular weight excluding hydrogens is 252 g/mol. The molecular formula is C7H14N4O7. The zero-order valence-corrected chi connectivity index (χ0v) is 10.1. The van der Waals surface area contributed by atoms with E-state index in [2.05, 4.69) is 0 Å². The average Bonchev–Trinajstić information content (AvgIpc) is 1.94. The lowest BCUT2D eigenvalue weighted by Gasteiger charge is -2.44. The number of nitrogens with zero attached hydrogens (tertiary/aromatic N) is 4. The summed E-state index contributed by atoms with van der Waals surface area (Å²) in [6.45, 7) is 5.39. The fourth-order valence-corrected chi connectivity index (χ4v) is 1.34. The van der Waals surface area contributed by atoms with Crippen LogP contribution in [0.1, 0.15) is 20.8 Å². The molecule has 0 amide bonds. The highest BCUT2D eigenvalue weighted by molar-refractivity contribution is 4.94. The van der Waals surface area contributed by atoms with E-state index in [0.717, 1.165) is 0 Å². The molecule has 0 atom stereocenters. The molecule has 1 fully saturated rings. The second-order valence-electron chi connectivity index (χ2n) is 4.76. The lowest BCUT2D eigenvalue weighted by atomic mass is 9.93. The van der Waals surface area contributed by atoms with Gasteiger partial charge in [0.2, 0.25) is 0 Å². The number of likely N-dealkylation sites (tertiary alicyclic amines) is 1. The van der Waals surface area contributed by atoms with Crippen molar-refractivity contribution in [1.29, 1.82) is 0 Å². The van der Waals surface area contributed by atoms with E-state index in [9.17, 15) is 20.2 Å². The van der Waals surface area contributed by atoms with Gasteiger partial charge in [-0.15, -0.1) is 10.1 Å². The summed E-state index contributed by atoms with van der Waals surface area (Å²) in [6, 6.07) is 0. The standard InChI is InChI=1S/C7H13N3O4.HNO3/c1-6(2,3)8-4-7(5-8,9(11)12)10(13)14;2-1(3)4/h4-5H2,1-3H3;(H,2,3,4). The van der Waals surface area contributed by atoms with Crippen LogP contribution in [-0.2, 0) is 0 Å². The SMILES string of the molecule is CC(C)(C)N1CC([N+](=O)[O-])([N+](=O)[O-])C1.O=[N+]([O-])O. The van der Waals surface area contributed by atoms with Crippen LogP contribution in [0.5, 0.6) is 0 Å².